The largest absolute Gasteiger partial charge is 0.487 e. The van der Waals surface area contributed by atoms with Crippen molar-refractivity contribution in [1.82, 2.24) is 0 Å². The summed E-state index contributed by atoms with van der Waals surface area (Å²) in [7, 11) is 0. The number of rotatable bonds is 7. The predicted octanol–water partition coefficient (Wildman–Crippen LogP) is 3.52. The molecule has 1 rings (SSSR count). The molecule has 0 aliphatic rings. The maximum absolute atomic E-state index is 11.4. The van der Waals surface area contributed by atoms with E-state index >= 15 is 0 Å². The van der Waals surface area contributed by atoms with Gasteiger partial charge in [0.25, 0.3) is 5.91 Å². The molecule has 0 spiro atoms. The number of primary amides is 1. The Morgan fingerprint density at radius 2 is 1.78 bits per heavy atom. The molecule has 1 aromatic rings. The first-order valence-corrected chi connectivity index (χ1v) is 6.60. The molecule has 18 heavy (non-hydrogen) atoms. The van der Waals surface area contributed by atoms with Crippen LogP contribution < -0.4 is 10.5 Å². The van der Waals surface area contributed by atoms with E-state index in [1.165, 1.54) is 0 Å². The average molecular weight is 249 g/mol. The number of para-hydroxylation sites is 1. The van der Waals surface area contributed by atoms with Crippen molar-refractivity contribution in [1.29, 1.82) is 0 Å². The number of carbonyl (C=O) groups excluding carboxylic acids is 1. The highest BCUT2D eigenvalue weighted by atomic mass is 16.5. The average Bonchev–Trinajstić information content (AvgIpc) is 2.29. The van der Waals surface area contributed by atoms with E-state index in [9.17, 15) is 4.79 Å². The molecule has 0 saturated carbocycles. The Labute approximate surface area is 109 Å². The van der Waals surface area contributed by atoms with Gasteiger partial charge in [0.15, 0.2) is 0 Å². The van der Waals surface area contributed by atoms with Crippen molar-refractivity contribution in [2.45, 2.75) is 52.1 Å². The van der Waals surface area contributed by atoms with E-state index in [2.05, 4.69) is 20.8 Å². The number of ether oxygens (including phenoxy) is 1. The molecular weight excluding hydrogens is 226 g/mol. The van der Waals surface area contributed by atoms with Crippen LogP contribution in [0, 0.1) is 0 Å². The standard InChI is InChI=1S/C15H23NO2/c1-4-10-15(3,11-5-2)18-13-9-7-6-8-12(13)14(16)17/h6-9H,4-5,10-11H2,1-3H3,(H2,16,17). The number of amides is 1. The highest BCUT2D eigenvalue weighted by Gasteiger charge is 2.25. The lowest BCUT2D eigenvalue weighted by Crippen LogP contribution is -2.33. The Bertz CT molecular complexity index is 395. The van der Waals surface area contributed by atoms with Gasteiger partial charge in [-0.15, -0.1) is 0 Å². The Morgan fingerprint density at radius 3 is 2.28 bits per heavy atom. The highest BCUT2D eigenvalue weighted by molar-refractivity contribution is 5.95. The van der Waals surface area contributed by atoms with Crippen LogP contribution in [0.5, 0.6) is 5.75 Å². The van der Waals surface area contributed by atoms with Crippen LogP contribution in [0.4, 0.5) is 0 Å². The van der Waals surface area contributed by atoms with Crippen LogP contribution in [0.15, 0.2) is 24.3 Å². The highest BCUT2D eigenvalue weighted by Crippen LogP contribution is 2.29. The van der Waals surface area contributed by atoms with E-state index in [0.717, 1.165) is 25.7 Å². The summed E-state index contributed by atoms with van der Waals surface area (Å²) in [4.78, 5) is 11.4. The maximum atomic E-state index is 11.4. The Kier molecular flexibility index (Phi) is 5.20. The minimum Gasteiger partial charge on any atom is -0.487 e. The minimum absolute atomic E-state index is 0.227. The zero-order valence-electron chi connectivity index (χ0n) is 11.5. The fourth-order valence-corrected chi connectivity index (χ4v) is 2.31. The predicted molar refractivity (Wildman–Crippen MR) is 73.8 cm³/mol. The third-order valence-corrected chi connectivity index (χ3v) is 3.07. The second-order valence-corrected chi connectivity index (χ2v) is 4.91. The van der Waals surface area contributed by atoms with Gasteiger partial charge < -0.3 is 10.5 Å². The van der Waals surface area contributed by atoms with Crippen molar-refractivity contribution in [2.24, 2.45) is 5.73 Å². The normalized spacial score (nSPS) is 11.3. The first-order chi connectivity index (χ1) is 8.52. The zero-order valence-corrected chi connectivity index (χ0v) is 11.5. The Morgan fingerprint density at radius 1 is 1.22 bits per heavy atom. The van der Waals surface area contributed by atoms with Crippen molar-refractivity contribution >= 4 is 5.91 Å². The topological polar surface area (TPSA) is 52.3 Å². The Hall–Kier alpha value is -1.51. The molecule has 0 aromatic heterocycles. The lowest BCUT2D eigenvalue weighted by atomic mass is 9.94. The van der Waals surface area contributed by atoms with Crippen LogP contribution in [0.3, 0.4) is 0 Å². The molecule has 0 unspecified atom stereocenters. The molecule has 0 atom stereocenters. The van der Waals surface area contributed by atoms with Crippen LogP contribution in [0.2, 0.25) is 0 Å². The number of carbonyl (C=O) groups is 1. The lowest BCUT2D eigenvalue weighted by Gasteiger charge is -2.31. The van der Waals surface area contributed by atoms with E-state index in [1.807, 2.05) is 12.1 Å². The summed E-state index contributed by atoms with van der Waals surface area (Å²) in [5, 5.41) is 0. The van der Waals surface area contributed by atoms with E-state index in [-0.39, 0.29) is 5.60 Å². The summed E-state index contributed by atoms with van der Waals surface area (Å²) in [6.07, 6.45) is 4.03. The van der Waals surface area contributed by atoms with Crippen molar-refractivity contribution in [3.63, 3.8) is 0 Å². The van der Waals surface area contributed by atoms with E-state index in [0.29, 0.717) is 11.3 Å². The molecule has 0 radical (unpaired) electrons. The summed E-state index contributed by atoms with van der Waals surface area (Å²) < 4.78 is 6.07. The van der Waals surface area contributed by atoms with Crippen molar-refractivity contribution in [3.05, 3.63) is 29.8 Å². The zero-order chi connectivity index (χ0) is 13.6. The molecule has 100 valence electrons. The van der Waals surface area contributed by atoms with Crippen molar-refractivity contribution < 1.29 is 9.53 Å². The fraction of sp³-hybridized carbons (Fsp3) is 0.533. The summed E-state index contributed by atoms with van der Waals surface area (Å²) in [6.45, 7) is 6.37. The maximum Gasteiger partial charge on any atom is 0.252 e. The van der Waals surface area contributed by atoms with E-state index < -0.39 is 5.91 Å². The number of hydrogen-bond donors (Lipinski definition) is 1. The van der Waals surface area contributed by atoms with Gasteiger partial charge in [-0.1, -0.05) is 38.8 Å². The molecule has 3 nitrogen and oxygen atoms in total. The molecule has 1 aromatic carbocycles. The monoisotopic (exact) mass is 249 g/mol. The van der Waals surface area contributed by atoms with Crippen LogP contribution in [-0.4, -0.2) is 11.5 Å². The molecular formula is C15H23NO2. The van der Waals surface area contributed by atoms with Crippen LogP contribution in [0.1, 0.15) is 56.8 Å². The van der Waals surface area contributed by atoms with Gasteiger partial charge in [0.1, 0.15) is 11.4 Å². The van der Waals surface area contributed by atoms with Crippen LogP contribution >= 0.6 is 0 Å². The summed E-state index contributed by atoms with van der Waals surface area (Å²) in [5.74, 6) is 0.148. The van der Waals surface area contributed by atoms with Crippen molar-refractivity contribution in [2.75, 3.05) is 0 Å². The van der Waals surface area contributed by atoms with Gasteiger partial charge in [-0.05, 0) is 31.9 Å². The molecule has 0 aliphatic heterocycles. The van der Waals surface area contributed by atoms with Gasteiger partial charge in [-0.2, -0.15) is 0 Å². The van der Waals surface area contributed by atoms with Crippen LogP contribution in [-0.2, 0) is 0 Å². The summed E-state index contributed by atoms with van der Waals surface area (Å²) in [5.41, 5.74) is 5.59. The molecule has 0 heterocycles. The van der Waals surface area contributed by atoms with Gasteiger partial charge in [-0.25, -0.2) is 0 Å². The fourth-order valence-electron chi connectivity index (χ4n) is 2.31. The minimum atomic E-state index is -0.444. The summed E-state index contributed by atoms with van der Waals surface area (Å²) >= 11 is 0. The van der Waals surface area contributed by atoms with Gasteiger partial charge in [0.2, 0.25) is 0 Å². The SMILES string of the molecule is CCCC(C)(CCC)Oc1ccccc1C(N)=O. The van der Waals surface area contributed by atoms with Gasteiger partial charge in [0, 0.05) is 0 Å². The molecule has 2 N–H and O–H groups in total. The van der Waals surface area contributed by atoms with E-state index in [1.54, 1.807) is 12.1 Å². The third-order valence-electron chi connectivity index (χ3n) is 3.07. The molecule has 0 fully saturated rings. The van der Waals surface area contributed by atoms with Gasteiger partial charge >= 0.3 is 0 Å². The smallest absolute Gasteiger partial charge is 0.252 e. The molecule has 1 amide bonds. The van der Waals surface area contributed by atoms with Crippen LogP contribution in [0.25, 0.3) is 0 Å². The number of nitrogens with two attached hydrogens (primary N) is 1. The molecule has 0 saturated heterocycles. The third kappa shape index (κ3) is 3.76. The lowest BCUT2D eigenvalue weighted by molar-refractivity contribution is 0.0661. The van der Waals surface area contributed by atoms with Gasteiger partial charge in [0.05, 0.1) is 5.56 Å². The summed E-state index contributed by atoms with van der Waals surface area (Å²) in [6, 6.07) is 7.17. The second-order valence-electron chi connectivity index (χ2n) is 4.91. The first-order valence-electron chi connectivity index (χ1n) is 6.60. The quantitative estimate of drug-likeness (QED) is 0.803. The van der Waals surface area contributed by atoms with Gasteiger partial charge in [-0.3, -0.25) is 4.79 Å². The molecule has 0 aliphatic carbocycles. The number of benzene rings is 1. The molecule has 0 bridgehead atoms. The number of hydrogen-bond acceptors (Lipinski definition) is 2. The Balaban J connectivity index is 2.96. The van der Waals surface area contributed by atoms with E-state index in [4.69, 9.17) is 10.5 Å². The first kappa shape index (κ1) is 14.6. The molecule has 3 heteroatoms. The van der Waals surface area contributed by atoms with Crippen molar-refractivity contribution in [3.8, 4) is 5.75 Å². The second kappa shape index (κ2) is 6.43.